The lowest BCUT2D eigenvalue weighted by molar-refractivity contribution is -0.115. The molecule has 2 N–H and O–H groups in total. The first-order valence-corrected chi connectivity index (χ1v) is 13.9. The van der Waals surface area contributed by atoms with E-state index in [1.165, 1.54) is 11.8 Å². The third-order valence-corrected chi connectivity index (χ3v) is 7.93. The van der Waals surface area contributed by atoms with Crippen LogP contribution in [0.5, 0.6) is 0 Å². The van der Waals surface area contributed by atoms with E-state index in [4.69, 9.17) is 0 Å². The smallest absolute Gasteiger partial charge is 0.255 e. The highest BCUT2D eigenvalue weighted by atomic mass is 32.2. The van der Waals surface area contributed by atoms with E-state index in [9.17, 15) is 9.59 Å². The van der Waals surface area contributed by atoms with Crippen molar-refractivity contribution in [3.63, 3.8) is 0 Å². The Bertz CT molecular complexity index is 1630. The molecular formula is C34H30N2O2S. The monoisotopic (exact) mass is 530 g/mol. The second kappa shape index (κ2) is 12.0. The molecule has 4 nitrogen and oxygen atoms in total. The molecule has 0 bridgehead atoms. The van der Waals surface area contributed by atoms with Crippen LogP contribution in [0.15, 0.2) is 120 Å². The molecule has 0 aromatic heterocycles. The van der Waals surface area contributed by atoms with E-state index in [0.717, 1.165) is 44.5 Å². The van der Waals surface area contributed by atoms with Crippen LogP contribution in [0.3, 0.4) is 0 Å². The van der Waals surface area contributed by atoms with Crippen LogP contribution >= 0.6 is 11.8 Å². The van der Waals surface area contributed by atoms with E-state index < -0.39 is 5.25 Å². The first-order valence-electron chi connectivity index (χ1n) is 13.0. The largest absolute Gasteiger partial charge is 0.324 e. The number of benzene rings is 5. The van der Waals surface area contributed by atoms with Gasteiger partial charge in [-0.2, -0.15) is 0 Å². The summed E-state index contributed by atoms with van der Waals surface area (Å²) in [5.41, 5.74) is 5.22. The maximum absolute atomic E-state index is 13.7. The van der Waals surface area contributed by atoms with Crippen molar-refractivity contribution in [1.29, 1.82) is 0 Å². The highest BCUT2D eigenvalue weighted by Crippen LogP contribution is 2.38. The molecule has 39 heavy (non-hydrogen) atoms. The summed E-state index contributed by atoms with van der Waals surface area (Å²) in [4.78, 5) is 27.6. The van der Waals surface area contributed by atoms with Gasteiger partial charge in [-0.3, -0.25) is 9.59 Å². The number of anilines is 2. The average Bonchev–Trinajstić information content (AvgIpc) is 2.97. The lowest BCUT2D eigenvalue weighted by atomic mass is 10.1. The average molecular weight is 531 g/mol. The highest BCUT2D eigenvalue weighted by Gasteiger charge is 2.23. The van der Waals surface area contributed by atoms with Crippen molar-refractivity contribution in [2.75, 3.05) is 10.6 Å². The zero-order chi connectivity index (χ0) is 27.2. The number of rotatable bonds is 8. The maximum Gasteiger partial charge on any atom is 0.255 e. The van der Waals surface area contributed by atoms with Gasteiger partial charge in [0.1, 0.15) is 5.25 Å². The van der Waals surface area contributed by atoms with Crippen LogP contribution in [0.25, 0.3) is 10.8 Å². The normalized spacial score (nSPS) is 11.6. The van der Waals surface area contributed by atoms with Crippen molar-refractivity contribution in [2.45, 2.75) is 30.4 Å². The van der Waals surface area contributed by atoms with E-state index in [0.29, 0.717) is 11.3 Å². The molecule has 0 fully saturated rings. The summed E-state index contributed by atoms with van der Waals surface area (Å²) >= 11 is 1.46. The summed E-state index contributed by atoms with van der Waals surface area (Å²) in [6.07, 6.45) is 0.833. The first kappa shape index (κ1) is 26.3. The number of thioether (sulfide) groups is 1. The van der Waals surface area contributed by atoms with Gasteiger partial charge in [0, 0.05) is 21.8 Å². The minimum absolute atomic E-state index is 0.0826. The van der Waals surface area contributed by atoms with Gasteiger partial charge >= 0.3 is 0 Å². The molecule has 0 saturated heterocycles. The van der Waals surface area contributed by atoms with Gasteiger partial charge in [0.15, 0.2) is 0 Å². The molecule has 0 radical (unpaired) electrons. The second-order valence-corrected chi connectivity index (χ2v) is 10.6. The minimum Gasteiger partial charge on any atom is -0.324 e. The fraction of sp³-hybridized carbons (Fsp3) is 0.118. The van der Waals surface area contributed by atoms with Crippen LogP contribution in [0.4, 0.5) is 11.4 Å². The van der Waals surface area contributed by atoms with Gasteiger partial charge in [0.2, 0.25) is 5.91 Å². The number of carbonyl (C=O) groups excluding carboxylic acids is 2. The predicted octanol–water partition coefficient (Wildman–Crippen LogP) is 8.44. The molecule has 0 saturated carbocycles. The summed E-state index contributed by atoms with van der Waals surface area (Å²) in [7, 11) is 0. The molecular weight excluding hydrogens is 500 g/mol. The molecule has 0 aliphatic carbocycles. The summed E-state index contributed by atoms with van der Waals surface area (Å²) < 4.78 is 0. The fourth-order valence-electron chi connectivity index (χ4n) is 4.61. The summed E-state index contributed by atoms with van der Waals surface area (Å²) in [6.45, 7) is 4.10. The Morgan fingerprint density at radius 1 is 0.744 bits per heavy atom. The quantitative estimate of drug-likeness (QED) is 0.198. The summed E-state index contributed by atoms with van der Waals surface area (Å²) in [5.74, 6) is -0.257. The Morgan fingerprint density at radius 3 is 2.28 bits per heavy atom. The molecule has 1 unspecified atom stereocenters. The number of carbonyl (C=O) groups is 2. The third-order valence-electron chi connectivity index (χ3n) is 6.69. The lowest BCUT2D eigenvalue weighted by Gasteiger charge is -2.20. The van der Waals surface area contributed by atoms with Gasteiger partial charge in [-0.15, -0.1) is 11.8 Å². The Labute approximate surface area is 233 Å². The summed E-state index contributed by atoms with van der Waals surface area (Å²) in [6, 6.07) is 37.2. The number of hydrogen-bond acceptors (Lipinski definition) is 3. The standard InChI is InChI=1S/C34H30N2O2S/c1-3-24-16-9-11-23(2)31(24)36-34(38)32(26-13-5-4-6-14-26)39-30-18-10-17-29(22-30)35-33(37)28-20-19-25-12-7-8-15-27(25)21-28/h4-22,32H,3H2,1-2H3,(H,35,37)(H,36,38). The van der Waals surface area contributed by atoms with Crippen LogP contribution in [0, 0.1) is 6.92 Å². The van der Waals surface area contributed by atoms with E-state index in [1.807, 2.05) is 116 Å². The highest BCUT2D eigenvalue weighted by molar-refractivity contribution is 8.00. The van der Waals surface area contributed by atoms with E-state index >= 15 is 0 Å². The number of nitrogens with one attached hydrogen (secondary N) is 2. The van der Waals surface area contributed by atoms with Crippen LogP contribution in [0.2, 0.25) is 0 Å². The molecule has 2 amide bonds. The Morgan fingerprint density at radius 2 is 1.49 bits per heavy atom. The number of hydrogen-bond donors (Lipinski definition) is 2. The topological polar surface area (TPSA) is 58.2 Å². The van der Waals surface area contributed by atoms with Crippen molar-refractivity contribution in [1.82, 2.24) is 0 Å². The summed E-state index contributed by atoms with van der Waals surface area (Å²) in [5, 5.41) is 7.86. The fourth-order valence-corrected chi connectivity index (χ4v) is 5.69. The predicted molar refractivity (Wildman–Crippen MR) is 163 cm³/mol. The molecule has 1 atom stereocenters. The Kier molecular flexibility index (Phi) is 8.09. The number of fused-ring (bicyclic) bond motifs is 1. The van der Waals surface area contributed by atoms with Gasteiger partial charge in [0.05, 0.1) is 0 Å². The van der Waals surface area contributed by atoms with Crippen LogP contribution in [0.1, 0.15) is 39.2 Å². The minimum atomic E-state index is -0.470. The third kappa shape index (κ3) is 6.21. The van der Waals surface area contributed by atoms with Gasteiger partial charge < -0.3 is 10.6 Å². The van der Waals surface area contributed by atoms with E-state index in [-0.39, 0.29) is 11.8 Å². The molecule has 5 heteroatoms. The molecule has 0 aliphatic rings. The second-order valence-electron chi connectivity index (χ2n) is 9.40. The molecule has 0 heterocycles. The van der Waals surface area contributed by atoms with Crippen LogP contribution < -0.4 is 10.6 Å². The lowest BCUT2D eigenvalue weighted by Crippen LogP contribution is -2.20. The number of amides is 2. The van der Waals surface area contributed by atoms with Crippen molar-refractivity contribution in [3.05, 3.63) is 138 Å². The zero-order valence-corrected chi connectivity index (χ0v) is 22.8. The molecule has 194 valence electrons. The van der Waals surface area contributed by atoms with Crippen LogP contribution in [-0.2, 0) is 11.2 Å². The molecule has 0 spiro atoms. The maximum atomic E-state index is 13.7. The zero-order valence-electron chi connectivity index (χ0n) is 22.0. The molecule has 5 aromatic carbocycles. The number of aryl methyl sites for hydroxylation is 2. The molecule has 5 aromatic rings. The van der Waals surface area contributed by atoms with E-state index in [2.05, 4.69) is 23.6 Å². The molecule has 0 aliphatic heterocycles. The Balaban J connectivity index is 1.37. The molecule has 5 rings (SSSR count). The van der Waals surface area contributed by atoms with Gasteiger partial charge in [-0.1, -0.05) is 91.9 Å². The van der Waals surface area contributed by atoms with Crippen LogP contribution in [-0.4, -0.2) is 11.8 Å². The number of para-hydroxylation sites is 1. The van der Waals surface area contributed by atoms with Gasteiger partial charge in [-0.25, -0.2) is 0 Å². The van der Waals surface area contributed by atoms with Crippen molar-refractivity contribution in [3.8, 4) is 0 Å². The SMILES string of the molecule is CCc1cccc(C)c1NC(=O)C(Sc1cccc(NC(=O)c2ccc3ccccc3c2)c1)c1ccccc1. The van der Waals surface area contributed by atoms with Crippen molar-refractivity contribution >= 4 is 45.7 Å². The van der Waals surface area contributed by atoms with Gasteiger partial charge in [-0.05, 0) is 71.1 Å². The van der Waals surface area contributed by atoms with Crippen molar-refractivity contribution < 1.29 is 9.59 Å². The van der Waals surface area contributed by atoms with Gasteiger partial charge in [0.25, 0.3) is 5.91 Å². The van der Waals surface area contributed by atoms with E-state index in [1.54, 1.807) is 0 Å². The Hall–Kier alpha value is -4.35. The van der Waals surface area contributed by atoms with Crippen molar-refractivity contribution in [2.24, 2.45) is 0 Å². The first-order chi connectivity index (χ1) is 19.0.